The zero-order valence-electron chi connectivity index (χ0n) is 25.2. The van der Waals surface area contributed by atoms with Gasteiger partial charge in [-0.05, 0) is 117 Å². The van der Waals surface area contributed by atoms with Crippen molar-refractivity contribution in [3.63, 3.8) is 0 Å². The monoisotopic (exact) mass is 601 g/mol. The van der Waals surface area contributed by atoms with E-state index >= 15 is 0 Å². The number of nitrogens with zero attached hydrogens (tertiary/aromatic N) is 5. The van der Waals surface area contributed by atoms with E-state index in [-0.39, 0.29) is 5.82 Å². The molecule has 4 aromatic heterocycles. The number of nitrogens with one attached hydrogen (secondary N) is 2. The minimum Gasteiger partial charge on any atom is -0.492 e. The molecule has 0 saturated carbocycles. The number of pyridine rings is 2. The Morgan fingerprint density at radius 1 is 0.800 bits per heavy atom. The van der Waals surface area contributed by atoms with E-state index in [0.717, 1.165) is 94.8 Å². The van der Waals surface area contributed by atoms with Crippen LogP contribution in [0.1, 0.15) is 31.2 Å². The van der Waals surface area contributed by atoms with Crippen LogP contribution in [-0.4, -0.2) is 74.3 Å². The Morgan fingerprint density at radius 3 is 2.51 bits per heavy atom. The molecular formula is C36H36FN7O. The molecule has 0 aliphatic carbocycles. The molecule has 45 heavy (non-hydrogen) atoms. The Kier molecular flexibility index (Phi) is 7.48. The lowest BCUT2D eigenvalue weighted by molar-refractivity contribution is 0.237. The first-order valence-electron chi connectivity index (χ1n) is 16.0. The lowest BCUT2D eigenvalue weighted by Crippen LogP contribution is -2.25. The lowest BCUT2D eigenvalue weighted by atomic mass is 10.0. The van der Waals surface area contributed by atoms with Gasteiger partial charge in [-0.25, -0.2) is 9.37 Å². The summed E-state index contributed by atoms with van der Waals surface area (Å²) in [5, 5.41) is 9.78. The summed E-state index contributed by atoms with van der Waals surface area (Å²) in [6.07, 6.45) is 10.7. The first-order valence-corrected chi connectivity index (χ1v) is 16.0. The molecule has 8 rings (SSSR count). The fourth-order valence-electron chi connectivity index (χ4n) is 6.84. The highest BCUT2D eigenvalue weighted by atomic mass is 19.1. The Morgan fingerprint density at radius 2 is 1.64 bits per heavy atom. The van der Waals surface area contributed by atoms with Gasteiger partial charge in [0.1, 0.15) is 29.5 Å². The van der Waals surface area contributed by atoms with E-state index < -0.39 is 0 Å². The molecule has 8 nitrogen and oxygen atoms in total. The Hall–Kier alpha value is -4.60. The second kappa shape index (κ2) is 12.1. The molecule has 0 amide bonds. The molecule has 0 spiro atoms. The maximum absolute atomic E-state index is 14.8. The van der Waals surface area contributed by atoms with Crippen molar-refractivity contribution in [1.29, 1.82) is 0 Å². The maximum Gasteiger partial charge on any atom is 0.138 e. The molecule has 2 aliphatic rings. The number of hydrogen-bond donors (Lipinski definition) is 2. The SMILES string of the molecule is Fc1cc(OCCN2CCCC2)cc(-c2ccnc3[nH]c(-c4n[nH]c5ccc(-c6cncc(CN7CCCC7)c6)cc45)cc23)c1. The molecule has 6 heterocycles. The Balaban J connectivity index is 1.09. The summed E-state index contributed by atoms with van der Waals surface area (Å²) in [5.41, 5.74) is 8.35. The highest BCUT2D eigenvalue weighted by Gasteiger charge is 2.17. The molecule has 0 bridgehead atoms. The highest BCUT2D eigenvalue weighted by molar-refractivity contribution is 6.00. The molecule has 2 fully saturated rings. The summed E-state index contributed by atoms with van der Waals surface area (Å²) in [6, 6.07) is 17.5. The van der Waals surface area contributed by atoms with Crippen LogP contribution in [0.4, 0.5) is 4.39 Å². The number of aromatic amines is 2. The number of rotatable bonds is 9. The fourth-order valence-corrected chi connectivity index (χ4v) is 6.84. The summed E-state index contributed by atoms with van der Waals surface area (Å²) < 4.78 is 20.8. The molecule has 2 N–H and O–H groups in total. The van der Waals surface area contributed by atoms with Crippen LogP contribution < -0.4 is 4.74 Å². The molecule has 6 aromatic rings. The number of benzene rings is 2. The van der Waals surface area contributed by atoms with E-state index in [0.29, 0.717) is 12.4 Å². The topological polar surface area (TPSA) is 86.0 Å². The molecule has 0 radical (unpaired) electrons. The third kappa shape index (κ3) is 5.81. The van der Waals surface area contributed by atoms with Crippen LogP contribution in [-0.2, 0) is 6.54 Å². The van der Waals surface area contributed by atoms with Gasteiger partial charge in [0, 0.05) is 54.1 Å². The maximum atomic E-state index is 14.8. The van der Waals surface area contributed by atoms with Gasteiger partial charge in [0.05, 0.1) is 11.2 Å². The van der Waals surface area contributed by atoms with Gasteiger partial charge in [-0.15, -0.1) is 0 Å². The Labute approximate surface area is 261 Å². The van der Waals surface area contributed by atoms with Gasteiger partial charge in [-0.2, -0.15) is 5.10 Å². The first kappa shape index (κ1) is 27.9. The molecule has 0 atom stereocenters. The highest BCUT2D eigenvalue weighted by Crippen LogP contribution is 2.36. The standard InChI is InChI=1S/C36H36FN7O/c37-28-16-26(17-29(19-28)45-14-13-43-9-1-2-10-43)30-7-8-39-36-31(30)20-34(40-36)35-32-18-25(5-6-33(32)41-42-35)27-15-24(21-38-22-27)23-44-11-3-4-12-44/h5-8,15-22H,1-4,9-14,23H2,(H,39,40)(H,41,42). The van der Waals surface area contributed by atoms with Gasteiger partial charge in [0.25, 0.3) is 0 Å². The normalized spacial score (nSPS) is 15.9. The fraction of sp³-hybridized carbons (Fsp3) is 0.306. The minimum atomic E-state index is -0.325. The third-order valence-corrected chi connectivity index (χ3v) is 9.14. The molecular weight excluding hydrogens is 565 g/mol. The summed E-state index contributed by atoms with van der Waals surface area (Å²) in [7, 11) is 0. The number of ether oxygens (including phenoxy) is 1. The van der Waals surface area contributed by atoms with Crippen molar-refractivity contribution in [2.24, 2.45) is 0 Å². The Bertz CT molecular complexity index is 1970. The van der Waals surface area contributed by atoms with E-state index in [1.165, 1.54) is 37.3 Å². The number of likely N-dealkylation sites (tertiary alicyclic amines) is 2. The molecule has 0 unspecified atom stereocenters. The lowest BCUT2D eigenvalue weighted by Gasteiger charge is -2.15. The van der Waals surface area contributed by atoms with Gasteiger partial charge >= 0.3 is 0 Å². The van der Waals surface area contributed by atoms with Gasteiger partial charge in [-0.1, -0.05) is 6.07 Å². The van der Waals surface area contributed by atoms with Crippen LogP contribution in [0.3, 0.4) is 0 Å². The summed E-state index contributed by atoms with van der Waals surface area (Å²) >= 11 is 0. The number of aromatic nitrogens is 5. The average molecular weight is 602 g/mol. The average Bonchev–Trinajstić information content (AvgIpc) is 3.88. The predicted octanol–water partition coefficient (Wildman–Crippen LogP) is 7.04. The van der Waals surface area contributed by atoms with E-state index in [1.54, 1.807) is 12.3 Å². The van der Waals surface area contributed by atoms with E-state index in [9.17, 15) is 4.39 Å². The number of hydrogen-bond acceptors (Lipinski definition) is 6. The van der Waals surface area contributed by atoms with Crippen molar-refractivity contribution in [2.75, 3.05) is 39.3 Å². The van der Waals surface area contributed by atoms with Crippen LogP contribution in [0.25, 0.3) is 55.6 Å². The summed E-state index contributed by atoms with van der Waals surface area (Å²) in [6.45, 7) is 6.85. The molecule has 2 aromatic carbocycles. The molecule has 228 valence electrons. The van der Waals surface area contributed by atoms with Crippen LogP contribution in [0.2, 0.25) is 0 Å². The van der Waals surface area contributed by atoms with Crippen LogP contribution in [0.15, 0.2) is 73.2 Å². The van der Waals surface area contributed by atoms with E-state index in [2.05, 4.69) is 65.3 Å². The van der Waals surface area contributed by atoms with Crippen molar-refractivity contribution in [2.45, 2.75) is 32.2 Å². The molecule has 9 heteroatoms. The summed E-state index contributed by atoms with van der Waals surface area (Å²) in [4.78, 5) is 17.5. The second-order valence-electron chi connectivity index (χ2n) is 12.3. The van der Waals surface area contributed by atoms with Gasteiger partial charge in [0.2, 0.25) is 0 Å². The van der Waals surface area contributed by atoms with Gasteiger partial charge < -0.3 is 9.72 Å². The van der Waals surface area contributed by atoms with E-state index in [4.69, 9.17) is 4.74 Å². The third-order valence-electron chi connectivity index (χ3n) is 9.14. The van der Waals surface area contributed by atoms with Crippen molar-refractivity contribution in [1.82, 2.24) is 34.9 Å². The van der Waals surface area contributed by atoms with E-state index in [1.807, 2.05) is 24.5 Å². The largest absolute Gasteiger partial charge is 0.492 e. The summed E-state index contributed by atoms with van der Waals surface area (Å²) in [5.74, 6) is 0.212. The van der Waals surface area contributed by atoms with Gasteiger partial charge in [-0.3, -0.25) is 19.9 Å². The van der Waals surface area contributed by atoms with Crippen LogP contribution >= 0.6 is 0 Å². The van der Waals surface area contributed by atoms with Crippen molar-refractivity contribution in [3.05, 3.63) is 84.6 Å². The zero-order valence-corrected chi connectivity index (χ0v) is 25.2. The smallest absolute Gasteiger partial charge is 0.138 e. The van der Waals surface area contributed by atoms with Crippen molar-refractivity contribution >= 4 is 21.9 Å². The number of halogens is 1. The van der Waals surface area contributed by atoms with Crippen molar-refractivity contribution in [3.8, 4) is 39.4 Å². The first-order chi connectivity index (χ1) is 22.2. The second-order valence-corrected chi connectivity index (χ2v) is 12.3. The quantitative estimate of drug-likeness (QED) is 0.185. The molecule has 2 saturated heterocycles. The van der Waals surface area contributed by atoms with Crippen molar-refractivity contribution < 1.29 is 9.13 Å². The number of H-pyrrole nitrogens is 2. The zero-order chi connectivity index (χ0) is 30.2. The van der Waals surface area contributed by atoms with Crippen LogP contribution in [0, 0.1) is 5.82 Å². The number of fused-ring (bicyclic) bond motifs is 2. The van der Waals surface area contributed by atoms with Gasteiger partial charge in [0.15, 0.2) is 0 Å². The molecule has 2 aliphatic heterocycles. The predicted molar refractivity (Wildman–Crippen MR) is 175 cm³/mol. The minimum absolute atomic E-state index is 0.325. The van der Waals surface area contributed by atoms with Crippen LogP contribution in [0.5, 0.6) is 5.75 Å².